The summed E-state index contributed by atoms with van der Waals surface area (Å²) in [4.78, 5) is 4.58. The van der Waals surface area contributed by atoms with Gasteiger partial charge in [-0.2, -0.15) is 4.98 Å². The molecule has 21 heavy (non-hydrogen) atoms. The van der Waals surface area contributed by atoms with E-state index in [2.05, 4.69) is 17.1 Å². The van der Waals surface area contributed by atoms with Gasteiger partial charge in [-0.3, -0.25) is 0 Å². The van der Waals surface area contributed by atoms with Crippen molar-refractivity contribution < 1.29 is 4.52 Å². The molecular formula is C16H20ClN3O. The number of hydrogen-bond acceptors (Lipinski definition) is 4. The predicted octanol–water partition coefficient (Wildman–Crippen LogP) is 3.47. The molecule has 3 rings (SSSR count). The van der Waals surface area contributed by atoms with Gasteiger partial charge in [-0.25, -0.2) is 0 Å². The van der Waals surface area contributed by atoms with Gasteiger partial charge in [0.05, 0.1) is 5.41 Å². The minimum absolute atomic E-state index is 0.0886. The molecule has 0 spiro atoms. The van der Waals surface area contributed by atoms with E-state index in [1.807, 2.05) is 24.3 Å². The fourth-order valence-corrected chi connectivity index (χ4v) is 3.23. The molecule has 4 nitrogen and oxygen atoms in total. The smallest absolute Gasteiger partial charge is 0.234 e. The summed E-state index contributed by atoms with van der Waals surface area (Å²) in [6.45, 7) is 2.13. The lowest BCUT2D eigenvalue weighted by molar-refractivity contribution is 0.203. The lowest BCUT2D eigenvalue weighted by Gasteiger charge is -2.35. The van der Waals surface area contributed by atoms with Gasteiger partial charge in [0.1, 0.15) is 0 Å². The lowest BCUT2D eigenvalue weighted by Crippen LogP contribution is -2.45. The molecule has 2 atom stereocenters. The van der Waals surface area contributed by atoms with Crippen molar-refractivity contribution in [1.29, 1.82) is 0 Å². The molecule has 2 N–H and O–H groups in total. The maximum absolute atomic E-state index is 6.28. The Balaban J connectivity index is 1.80. The lowest BCUT2D eigenvalue weighted by atomic mass is 9.72. The molecule has 1 aliphatic carbocycles. The number of benzene rings is 1. The maximum atomic E-state index is 6.28. The highest BCUT2D eigenvalue weighted by atomic mass is 35.5. The molecule has 0 bridgehead atoms. The van der Waals surface area contributed by atoms with E-state index in [0.717, 1.165) is 29.8 Å². The van der Waals surface area contributed by atoms with Crippen LogP contribution in [0.1, 0.15) is 49.9 Å². The van der Waals surface area contributed by atoms with Gasteiger partial charge in [0, 0.05) is 17.5 Å². The molecule has 5 heteroatoms. The fraction of sp³-hybridized carbons (Fsp3) is 0.500. The van der Waals surface area contributed by atoms with Crippen LogP contribution in [0.3, 0.4) is 0 Å². The van der Waals surface area contributed by atoms with E-state index in [-0.39, 0.29) is 11.5 Å². The largest absolute Gasteiger partial charge is 0.339 e. The average molecular weight is 306 g/mol. The van der Waals surface area contributed by atoms with Crippen LogP contribution in [0.5, 0.6) is 0 Å². The van der Waals surface area contributed by atoms with Crippen molar-refractivity contribution in [3.05, 3.63) is 46.6 Å². The first-order valence-corrected chi connectivity index (χ1v) is 7.79. The summed E-state index contributed by atoms with van der Waals surface area (Å²) in [6.07, 6.45) is 4.99. The maximum Gasteiger partial charge on any atom is 0.234 e. The Hall–Kier alpha value is -1.39. The van der Waals surface area contributed by atoms with E-state index in [0.29, 0.717) is 18.1 Å². The van der Waals surface area contributed by atoms with Crippen molar-refractivity contribution in [3.8, 4) is 0 Å². The minimum Gasteiger partial charge on any atom is -0.339 e. The first kappa shape index (κ1) is 14.5. The molecule has 0 radical (unpaired) electrons. The van der Waals surface area contributed by atoms with Crippen LogP contribution in [-0.2, 0) is 11.8 Å². The average Bonchev–Trinajstić information content (AvgIpc) is 2.91. The van der Waals surface area contributed by atoms with E-state index in [9.17, 15) is 0 Å². The number of halogens is 1. The molecule has 1 aromatic heterocycles. The van der Waals surface area contributed by atoms with Gasteiger partial charge >= 0.3 is 0 Å². The summed E-state index contributed by atoms with van der Waals surface area (Å²) < 4.78 is 5.51. The van der Waals surface area contributed by atoms with Gasteiger partial charge < -0.3 is 10.3 Å². The van der Waals surface area contributed by atoms with E-state index < -0.39 is 0 Å². The summed E-state index contributed by atoms with van der Waals surface area (Å²) >= 11 is 6.00. The quantitative estimate of drug-likeness (QED) is 0.943. The van der Waals surface area contributed by atoms with Crippen molar-refractivity contribution in [3.63, 3.8) is 0 Å². The van der Waals surface area contributed by atoms with E-state index >= 15 is 0 Å². The van der Waals surface area contributed by atoms with Crippen LogP contribution in [-0.4, -0.2) is 16.2 Å². The molecule has 1 fully saturated rings. The van der Waals surface area contributed by atoms with Crippen molar-refractivity contribution in [1.82, 2.24) is 10.1 Å². The normalized spacial score (nSPS) is 26.0. The molecule has 1 heterocycles. The third-order valence-corrected chi connectivity index (χ3v) is 4.72. The van der Waals surface area contributed by atoms with Crippen LogP contribution in [0.2, 0.25) is 5.02 Å². The van der Waals surface area contributed by atoms with Crippen molar-refractivity contribution in [2.75, 3.05) is 0 Å². The molecule has 2 aromatic rings. The summed E-state index contributed by atoms with van der Waals surface area (Å²) in [6, 6.07) is 7.80. The highest BCUT2D eigenvalue weighted by molar-refractivity contribution is 6.30. The zero-order valence-corrected chi connectivity index (χ0v) is 12.9. The first-order valence-electron chi connectivity index (χ1n) is 7.41. The van der Waals surface area contributed by atoms with Gasteiger partial charge in [-0.15, -0.1) is 0 Å². The van der Waals surface area contributed by atoms with Crippen molar-refractivity contribution in [2.45, 2.75) is 50.5 Å². The molecule has 1 saturated carbocycles. The summed E-state index contributed by atoms with van der Waals surface area (Å²) in [5, 5.41) is 4.83. The van der Waals surface area contributed by atoms with Crippen molar-refractivity contribution >= 4 is 11.6 Å². The van der Waals surface area contributed by atoms with Crippen LogP contribution >= 0.6 is 11.6 Å². The van der Waals surface area contributed by atoms with Gasteiger partial charge in [0.2, 0.25) is 5.89 Å². The van der Waals surface area contributed by atoms with E-state index in [1.165, 1.54) is 6.42 Å². The number of hydrogen-bond donors (Lipinski definition) is 1. The molecule has 2 unspecified atom stereocenters. The van der Waals surface area contributed by atoms with Crippen molar-refractivity contribution in [2.24, 2.45) is 5.73 Å². The van der Waals surface area contributed by atoms with Crippen LogP contribution < -0.4 is 5.73 Å². The third kappa shape index (κ3) is 2.97. The first-order chi connectivity index (χ1) is 10.1. The van der Waals surface area contributed by atoms with E-state index in [4.69, 9.17) is 21.9 Å². The van der Waals surface area contributed by atoms with Crippen LogP contribution in [0.4, 0.5) is 0 Å². The zero-order chi connectivity index (χ0) is 14.9. The molecule has 1 aliphatic rings. The topological polar surface area (TPSA) is 64.9 Å². The Morgan fingerprint density at radius 3 is 3.05 bits per heavy atom. The monoisotopic (exact) mass is 305 g/mol. The Bertz CT molecular complexity index is 627. The Morgan fingerprint density at radius 2 is 2.29 bits per heavy atom. The third-order valence-electron chi connectivity index (χ3n) is 4.49. The Morgan fingerprint density at radius 1 is 1.43 bits per heavy atom. The highest BCUT2D eigenvalue weighted by Gasteiger charge is 2.40. The zero-order valence-electron chi connectivity index (χ0n) is 12.2. The summed E-state index contributed by atoms with van der Waals surface area (Å²) in [5.41, 5.74) is 7.16. The number of rotatable bonds is 3. The number of aromatic nitrogens is 2. The molecule has 112 valence electrons. The summed E-state index contributed by atoms with van der Waals surface area (Å²) in [5.74, 6) is 1.36. The predicted molar refractivity (Wildman–Crippen MR) is 82.4 cm³/mol. The van der Waals surface area contributed by atoms with E-state index in [1.54, 1.807) is 0 Å². The van der Waals surface area contributed by atoms with Crippen LogP contribution in [0, 0.1) is 0 Å². The second-order valence-corrected chi connectivity index (χ2v) is 6.53. The van der Waals surface area contributed by atoms with Gasteiger partial charge in [0.25, 0.3) is 0 Å². The van der Waals surface area contributed by atoms with Gasteiger partial charge in [-0.05, 0) is 37.5 Å². The second kappa shape index (κ2) is 5.78. The van der Waals surface area contributed by atoms with Crippen LogP contribution in [0.15, 0.2) is 28.8 Å². The highest BCUT2D eigenvalue weighted by Crippen LogP contribution is 2.37. The second-order valence-electron chi connectivity index (χ2n) is 6.09. The molecule has 0 aliphatic heterocycles. The van der Waals surface area contributed by atoms with Crippen LogP contribution in [0.25, 0.3) is 0 Å². The minimum atomic E-state index is -0.197. The van der Waals surface area contributed by atoms with Gasteiger partial charge in [-0.1, -0.05) is 41.7 Å². The molecule has 0 amide bonds. The fourth-order valence-electron chi connectivity index (χ4n) is 3.01. The molecular weight excluding hydrogens is 286 g/mol. The SMILES string of the molecule is CC1(c2nc(Cc3cccc(Cl)c3)no2)CCCCC1N. The standard InChI is InChI=1S/C16H20ClN3O/c1-16(8-3-2-7-13(16)18)15-19-14(20-21-15)10-11-5-4-6-12(17)9-11/h4-6,9,13H,2-3,7-8,10,18H2,1H3. The van der Waals surface area contributed by atoms with Gasteiger partial charge in [0.15, 0.2) is 5.82 Å². The Labute approximate surface area is 129 Å². The number of nitrogens with two attached hydrogens (primary N) is 1. The summed E-state index contributed by atoms with van der Waals surface area (Å²) in [7, 11) is 0. The number of nitrogens with zero attached hydrogens (tertiary/aromatic N) is 2. The Kier molecular flexibility index (Phi) is 4.00. The molecule has 0 saturated heterocycles. The molecule has 1 aromatic carbocycles.